The Bertz CT molecular complexity index is 194. The maximum Gasteiger partial charge on any atom is 0.640 e. The van der Waals surface area contributed by atoms with E-state index in [0.717, 1.165) is 12.8 Å². The standard InChI is InChI=1S/C11H23BO3/c1-9(2)6-7-13-12-14-10(3)8-11(4,5)15-12/h9-10H,6-8H2,1-5H3. The molecule has 0 amide bonds. The van der Waals surface area contributed by atoms with Gasteiger partial charge in [-0.05, 0) is 39.5 Å². The lowest BCUT2D eigenvalue weighted by Crippen LogP contribution is -2.47. The van der Waals surface area contributed by atoms with Gasteiger partial charge in [-0.1, -0.05) is 13.8 Å². The average molecular weight is 214 g/mol. The summed E-state index contributed by atoms with van der Waals surface area (Å²) >= 11 is 0. The normalized spacial score (nSPS) is 26.0. The molecule has 1 aliphatic rings. The van der Waals surface area contributed by atoms with Gasteiger partial charge in [-0.15, -0.1) is 0 Å². The summed E-state index contributed by atoms with van der Waals surface area (Å²) in [5, 5.41) is 0. The van der Waals surface area contributed by atoms with E-state index in [1.807, 2.05) is 0 Å². The molecule has 0 aromatic heterocycles. The summed E-state index contributed by atoms with van der Waals surface area (Å²) < 4.78 is 16.8. The molecule has 1 unspecified atom stereocenters. The fourth-order valence-corrected chi connectivity index (χ4v) is 1.74. The number of hydrogen-bond acceptors (Lipinski definition) is 3. The van der Waals surface area contributed by atoms with Crippen LogP contribution in [-0.4, -0.2) is 25.6 Å². The minimum Gasteiger partial charge on any atom is -0.386 e. The van der Waals surface area contributed by atoms with Crippen molar-refractivity contribution in [2.75, 3.05) is 6.61 Å². The van der Waals surface area contributed by atoms with E-state index >= 15 is 0 Å². The van der Waals surface area contributed by atoms with Crippen molar-refractivity contribution in [3.8, 4) is 0 Å². The van der Waals surface area contributed by atoms with Crippen molar-refractivity contribution >= 4 is 7.32 Å². The molecule has 1 rings (SSSR count). The third-order valence-corrected chi connectivity index (χ3v) is 2.49. The molecular weight excluding hydrogens is 191 g/mol. The Hall–Kier alpha value is -0.0551. The summed E-state index contributed by atoms with van der Waals surface area (Å²) in [6.45, 7) is 11.3. The molecule has 1 fully saturated rings. The molecule has 1 heterocycles. The van der Waals surface area contributed by atoms with Crippen LogP contribution in [-0.2, 0) is 14.0 Å². The van der Waals surface area contributed by atoms with Crippen molar-refractivity contribution in [2.45, 2.75) is 59.2 Å². The minimum atomic E-state index is -0.484. The van der Waals surface area contributed by atoms with Crippen molar-refractivity contribution in [3.63, 3.8) is 0 Å². The van der Waals surface area contributed by atoms with E-state index in [2.05, 4.69) is 34.6 Å². The van der Waals surface area contributed by atoms with Crippen LogP contribution in [0, 0.1) is 5.92 Å². The molecule has 0 aromatic carbocycles. The maximum atomic E-state index is 5.68. The maximum absolute atomic E-state index is 5.68. The SMILES string of the molecule is CC(C)CCOB1OC(C)CC(C)(C)O1. The molecule has 0 bridgehead atoms. The molecule has 1 aliphatic heterocycles. The zero-order valence-electron chi connectivity index (χ0n) is 10.6. The molecule has 15 heavy (non-hydrogen) atoms. The van der Waals surface area contributed by atoms with Gasteiger partial charge in [0.1, 0.15) is 0 Å². The van der Waals surface area contributed by atoms with Gasteiger partial charge in [0.15, 0.2) is 0 Å². The van der Waals surface area contributed by atoms with E-state index in [4.69, 9.17) is 14.0 Å². The van der Waals surface area contributed by atoms with Crippen molar-refractivity contribution in [1.29, 1.82) is 0 Å². The predicted octanol–water partition coefficient (Wildman–Crippen LogP) is 2.64. The zero-order valence-corrected chi connectivity index (χ0v) is 10.6. The first-order valence-corrected chi connectivity index (χ1v) is 5.84. The second-order valence-electron chi connectivity index (χ2n) is 5.37. The van der Waals surface area contributed by atoms with E-state index in [1.54, 1.807) is 0 Å². The molecule has 1 atom stereocenters. The summed E-state index contributed by atoms with van der Waals surface area (Å²) in [5.74, 6) is 0.652. The smallest absolute Gasteiger partial charge is 0.386 e. The largest absolute Gasteiger partial charge is 0.640 e. The Balaban J connectivity index is 2.29. The summed E-state index contributed by atoms with van der Waals surface area (Å²) in [7, 11) is -0.484. The Morgan fingerprint density at radius 3 is 2.67 bits per heavy atom. The fraction of sp³-hybridized carbons (Fsp3) is 1.00. The van der Waals surface area contributed by atoms with Crippen LogP contribution in [0.1, 0.15) is 47.5 Å². The molecule has 0 aromatic rings. The van der Waals surface area contributed by atoms with Gasteiger partial charge in [0.05, 0.1) is 5.60 Å². The number of hydrogen-bond donors (Lipinski definition) is 0. The molecule has 88 valence electrons. The van der Waals surface area contributed by atoms with E-state index in [0.29, 0.717) is 12.5 Å². The molecule has 0 saturated carbocycles. The van der Waals surface area contributed by atoms with Crippen molar-refractivity contribution in [1.82, 2.24) is 0 Å². The van der Waals surface area contributed by atoms with Gasteiger partial charge in [-0.25, -0.2) is 0 Å². The highest BCUT2D eigenvalue weighted by Crippen LogP contribution is 2.26. The van der Waals surface area contributed by atoms with E-state index in [9.17, 15) is 0 Å². The first-order valence-electron chi connectivity index (χ1n) is 5.84. The average Bonchev–Trinajstić information content (AvgIpc) is 1.98. The quantitative estimate of drug-likeness (QED) is 0.673. The van der Waals surface area contributed by atoms with Gasteiger partial charge in [-0.3, -0.25) is 0 Å². The van der Waals surface area contributed by atoms with Gasteiger partial charge in [0, 0.05) is 12.7 Å². The highest BCUT2D eigenvalue weighted by Gasteiger charge is 2.38. The topological polar surface area (TPSA) is 27.7 Å². The van der Waals surface area contributed by atoms with E-state index < -0.39 is 7.32 Å². The fourth-order valence-electron chi connectivity index (χ4n) is 1.74. The summed E-state index contributed by atoms with van der Waals surface area (Å²) in [6.07, 6.45) is 2.16. The lowest BCUT2D eigenvalue weighted by molar-refractivity contribution is -0.0694. The minimum absolute atomic E-state index is 0.139. The Morgan fingerprint density at radius 1 is 1.47 bits per heavy atom. The third kappa shape index (κ3) is 5.00. The Labute approximate surface area is 93.7 Å². The highest BCUT2D eigenvalue weighted by atomic mass is 16.7. The van der Waals surface area contributed by atoms with Gasteiger partial charge in [-0.2, -0.15) is 0 Å². The first kappa shape index (κ1) is 13.0. The molecule has 0 spiro atoms. The molecule has 0 N–H and O–H groups in total. The van der Waals surface area contributed by atoms with Crippen molar-refractivity contribution in [2.24, 2.45) is 5.92 Å². The van der Waals surface area contributed by atoms with E-state index in [1.165, 1.54) is 0 Å². The van der Waals surface area contributed by atoms with Crippen LogP contribution >= 0.6 is 0 Å². The molecule has 1 saturated heterocycles. The monoisotopic (exact) mass is 214 g/mol. The van der Waals surface area contributed by atoms with Gasteiger partial charge >= 0.3 is 7.32 Å². The highest BCUT2D eigenvalue weighted by molar-refractivity contribution is 6.36. The van der Waals surface area contributed by atoms with Crippen LogP contribution in [0.3, 0.4) is 0 Å². The Morgan fingerprint density at radius 2 is 2.13 bits per heavy atom. The Kier molecular flexibility index (Phi) is 4.62. The van der Waals surface area contributed by atoms with Crippen LogP contribution in [0.15, 0.2) is 0 Å². The molecule has 3 nitrogen and oxygen atoms in total. The van der Waals surface area contributed by atoms with Crippen LogP contribution in [0.5, 0.6) is 0 Å². The van der Waals surface area contributed by atoms with Crippen LogP contribution in [0.2, 0.25) is 0 Å². The first-order chi connectivity index (χ1) is 6.89. The van der Waals surface area contributed by atoms with Crippen molar-refractivity contribution in [3.05, 3.63) is 0 Å². The van der Waals surface area contributed by atoms with Gasteiger partial charge in [0.2, 0.25) is 0 Å². The van der Waals surface area contributed by atoms with Crippen molar-refractivity contribution < 1.29 is 14.0 Å². The van der Waals surface area contributed by atoms with E-state index in [-0.39, 0.29) is 11.7 Å². The van der Waals surface area contributed by atoms with Crippen LogP contribution < -0.4 is 0 Å². The second kappa shape index (κ2) is 5.33. The van der Waals surface area contributed by atoms with Crippen LogP contribution in [0.4, 0.5) is 0 Å². The molecule has 0 radical (unpaired) electrons. The molecular formula is C11H23BO3. The summed E-state index contributed by atoms with van der Waals surface area (Å²) in [5.41, 5.74) is -0.139. The van der Waals surface area contributed by atoms with Gasteiger partial charge < -0.3 is 14.0 Å². The third-order valence-electron chi connectivity index (χ3n) is 2.49. The van der Waals surface area contributed by atoms with Crippen LogP contribution in [0.25, 0.3) is 0 Å². The number of rotatable bonds is 4. The lowest BCUT2D eigenvalue weighted by atomic mass is 9.95. The molecule has 4 heteroatoms. The zero-order chi connectivity index (χ0) is 11.5. The second-order valence-corrected chi connectivity index (χ2v) is 5.37. The molecule has 0 aliphatic carbocycles. The summed E-state index contributed by atoms with van der Waals surface area (Å²) in [4.78, 5) is 0. The lowest BCUT2D eigenvalue weighted by Gasteiger charge is -2.37. The predicted molar refractivity (Wildman–Crippen MR) is 61.5 cm³/mol. The van der Waals surface area contributed by atoms with Gasteiger partial charge in [0.25, 0.3) is 0 Å². The summed E-state index contributed by atoms with van der Waals surface area (Å²) in [6, 6.07) is 0.